The van der Waals surface area contributed by atoms with Gasteiger partial charge in [0.2, 0.25) is 0 Å². The van der Waals surface area contributed by atoms with E-state index in [1.54, 1.807) is 0 Å². The second-order valence-electron chi connectivity index (χ2n) is 6.72. The van der Waals surface area contributed by atoms with E-state index >= 15 is 0 Å². The summed E-state index contributed by atoms with van der Waals surface area (Å²) in [7, 11) is 0. The van der Waals surface area contributed by atoms with Crippen molar-refractivity contribution in [2.24, 2.45) is 17.3 Å². The van der Waals surface area contributed by atoms with Gasteiger partial charge < -0.3 is 0 Å². The first-order chi connectivity index (χ1) is 8.47. The highest BCUT2D eigenvalue weighted by atomic mass is 16.1. The van der Waals surface area contributed by atoms with Crippen LogP contribution in [0.5, 0.6) is 0 Å². The fourth-order valence-corrected chi connectivity index (χ4v) is 3.05. The minimum Gasteiger partial charge on any atom is -0.299 e. The van der Waals surface area contributed by atoms with Crippen molar-refractivity contribution in [2.75, 3.05) is 0 Å². The molecule has 0 unspecified atom stereocenters. The molecule has 1 aliphatic carbocycles. The van der Waals surface area contributed by atoms with Gasteiger partial charge in [-0.15, -0.1) is 0 Å². The molecule has 2 rings (SSSR count). The van der Waals surface area contributed by atoms with E-state index in [1.165, 1.54) is 5.56 Å². The van der Waals surface area contributed by atoms with Gasteiger partial charge in [-0.3, -0.25) is 4.79 Å². The van der Waals surface area contributed by atoms with Gasteiger partial charge in [-0.2, -0.15) is 0 Å². The van der Waals surface area contributed by atoms with Gasteiger partial charge in [0, 0.05) is 12.3 Å². The van der Waals surface area contributed by atoms with Gasteiger partial charge in [0.05, 0.1) is 0 Å². The predicted molar refractivity (Wildman–Crippen MR) is 75.4 cm³/mol. The van der Waals surface area contributed by atoms with E-state index in [0.29, 0.717) is 11.7 Å². The maximum absolute atomic E-state index is 12.0. The molecule has 1 saturated carbocycles. The Bertz CT molecular complexity index is 399. The topological polar surface area (TPSA) is 17.1 Å². The van der Waals surface area contributed by atoms with E-state index in [4.69, 9.17) is 0 Å². The maximum Gasteiger partial charge on any atom is 0.136 e. The molecule has 0 N–H and O–H groups in total. The van der Waals surface area contributed by atoms with Crippen LogP contribution < -0.4 is 0 Å². The van der Waals surface area contributed by atoms with Crippen LogP contribution in [0.2, 0.25) is 0 Å². The first-order valence-corrected chi connectivity index (χ1v) is 7.03. The molecule has 98 valence electrons. The van der Waals surface area contributed by atoms with Crippen molar-refractivity contribution < 1.29 is 4.79 Å². The van der Waals surface area contributed by atoms with Crippen LogP contribution in [0.15, 0.2) is 30.3 Å². The number of ketones is 1. The Hall–Kier alpha value is -1.11. The third-order valence-corrected chi connectivity index (χ3v) is 4.18. The molecular weight excluding hydrogens is 220 g/mol. The third kappa shape index (κ3) is 3.22. The van der Waals surface area contributed by atoms with Gasteiger partial charge in [0.15, 0.2) is 0 Å². The van der Waals surface area contributed by atoms with Crippen LogP contribution in [-0.4, -0.2) is 5.78 Å². The minimum atomic E-state index is 0.137. The number of hydrogen-bond donors (Lipinski definition) is 0. The standard InChI is InChI=1S/C17H24O/c1-17(2,3)15-11-14(12-16(15)18)10-9-13-7-5-4-6-8-13/h4-8,14-15H,9-12H2,1-3H3/t14-,15+/m0/s1. The molecule has 0 heterocycles. The van der Waals surface area contributed by atoms with Gasteiger partial charge in [-0.05, 0) is 36.2 Å². The van der Waals surface area contributed by atoms with E-state index in [1.807, 2.05) is 0 Å². The van der Waals surface area contributed by atoms with Gasteiger partial charge in [-0.1, -0.05) is 51.1 Å². The molecule has 0 aliphatic heterocycles. The molecule has 1 nitrogen and oxygen atoms in total. The third-order valence-electron chi connectivity index (χ3n) is 4.18. The van der Waals surface area contributed by atoms with Crippen LogP contribution >= 0.6 is 0 Å². The fourth-order valence-electron chi connectivity index (χ4n) is 3.05. The highest BCUT2D eigenvalue weighted by Gasteiger charge is 2.39. The first kappa shape index (κ1) is 13.3. The number of rotatable bonds is 3. The number of Topliss-reactive ketones (excluding diaryl/α,β-unsaturated/α-hetero) is 1. The van der Waals surface area contributed by atoms with E-state index < -0.39 is 0 Å². The molecular formula is C17H24O. The van der Waals surface area contributed by atoms with Crippen LogP contribution in [0, 0.1) is 17.3 Å². The Morgan fingerprint density at radius 1 is 1.17 bits per heavy atom. The van der Waals surface area contributed by atoms with E-state index in [9.17, 15) is 4.79 Å². The van der Waals surface area contributed by atoms with Crippen molar-refractivity contribution in [1.29, 1.82) is 0 Å². The molecule has 1 aromatic rings. The molecule has 18 heavy (non-hydrogen) atoms. The second-order valence-corrected chi connectivity index (χ2v) is 6.72. The van der Waals surface area contributed by atoms with E-state index in [-0.39, 0.29) is 11.3 Å². The Morgan fingerprint density at radius 2 is 1.83 bits per heavy atom. The smallest absolute Gasteiger partial charge is 0.136 e. The van der Waals surface area contributed by atoms with Crippen molar-refractivity contribution in [2.45, 2.75) is 46.5 Å². The van der Waals surface area contributed by atoms with Crippen LogP contribution in [-0.2, 0) is 11.2 Å². The van der Waals surface area contributed by atoms with Crippen LogP contribution in [0.1, 0.15) is 45.6 Å². The zero-order chi connectivity index (χ0) is 13.2. The minimum absolute atomic E-state index is 0.137. The monoisotopic (exact) mass is 244 g/mol. The van der Waals surface area contributed by atoms with Crippen molar-refractivity contribution in [3.8, 4) is 0 Å². The molecule has 1 aliphatic rings. The zero-order valence-electron chi connectivity index (χ0n) is 11.8. The fraction of sp³-hybridized carbons (Fsp3) is 0.588. The summed E-state index contributed by atoms with van der Waals surface area (Å²) in [6.07, 6.45) is 4.15. The lowest BCUT2D eigenvalue weighted by Crippen LogP contribution is -2.23. The average molecular weight is 244 g/mol. The number of carbonyl (C=O) groups is 1. The summed E-state index contributed by atoms with van der Waals surface area (Å²) in [6.45, 7) is 6.57. The normalized spacial score (nSPS) is 24.5. The molecule has 2 atom stereocenters. The number of benzene rings is 1. The van der Waals surface area contributed by atoms with Gasteiger partial charge in [-0.25, -0.2) is 0 Å². The molecule has 1 fully saturated rings. The number of aryl methyl sites for hydroxylation is 1. The summed E-state index contributed by atoms with van der Waals surface area (Å²) in [6, 6.07) is 10.6. The highest BCUT2D eigenvalue weighted by molar-refractivity contribution is 5.84. The molecule has 1 aromatic carbocycles. The number of carbonyl (C=O) groups excluding carboxylic acids is 1. The summed E-state index contributed by atoms with van der Waals surface area (Å²) in [5.41, 5.74) is 1.53. The largest absolute Gasteiger partial charge is 0.299 e. The molecule has 1 heteroatoms. The Morgan fingerprint density at radius 3 is 2.39 bits per heavy atom. The van der Waals surface area contributed by atoms with Crippen LogP contribution in [0.4, 0.5) is 0 Å². The summed E-state index contributed by atoms with van der Waals surface area (Å²) in [4.78, 5) is 12.0. The van der Waals surface area contributed by atoms with Crippen molar-refractivity contribution in [1.82, 2.24) is 0 Å². The van der Waals surface area contributed by atoms with Crippen molar-refractivity contribution in [3.05, 3.63) is 35.9 Å². The Labute approximate surface area is 111 Å². The molecule has 0 bridgehead atoms. The Kier molecular flexibility index (Phi) is 3.89. The van der Waals surface area contributed by atoms with Crippen molar-refractivity contribution >= 4 is 5.78 Å². The summed E-state index contributed by atoms with van der Waals surface area (Å²) < 4.78 is 0. The van der Waals surface area contributed by atoms with Gasteiger partial charge in [0.1, 0.15) is 5.78 Å². The highest BCUT2D eigenvalue weighted by Crippen LogP contribution is 2.41. The summed E-state index contributed by atoms with van der Waals surface area (Å²) in [5.74, 6) is 1.36. The van der Waals surface area contributed by atoms with Crippen LogP contribution in [0.25, 0.3) is 0 Å². The van der Waals surface area contributed by atoms with Crippen molar-refractivity contribution in [3.63, 3.8) is 0 Å². The molecule has 0 amide bonds. The lowest BCUT2D eigenvalue weighted by molar-refractivity contribution is -0.123. The van der Waals surface area contributed by atoms with E-state index in [0.717, 1.165) is 25.7 Å². The average Bonchev–Trinajstić information content (AvgIpc) is 2.69. The van der Waals surface area contributed by atoms with Gasteiger partial charge >= 0.3 is 0 Å². The zero-order valence-corrected chi connectivity index (χ0v) is 11.8. The second kappa shape index (κ2) is 5.26. The summed E-state index contributed by atoms with van der Waals surface area (Å²) >= 11 is 0. The summed E-state index contributed by atoms with van der Waals surface area (Å²) in [5, 5.41) is 0. The van der Waals surface area contributed by atoms with Gasteiger partial charge in [0.25, 0.3) is 0 Å². The molecule has 0 aromatic heterocycles. The molecule has 0 radical (unpaired) electrons. The maximum atomic E-state index is 12.0. The molecule has 0 spiro atoms. The Balaban J connectivity index is 1.88. The lowest BCUT2D eigenvalue weighted by Gasteiger charge is -2.25. The molecule has 0 saturated heterocycles. The number of hydrogen-bond acceptors (Lipinski definition) is 1. The SMILES string of the molecule is CC(C)(C)[C@@H]1C[C@H](CCc2ccccc2)CC1=O. The van der Waals surface area contributed by atoms with Crippen LogP contribution in [0.3, 0.4) is 0 Å². The van der Waals surface area contributed by atoms with E-state index in [2.05, 4.69) is 51.1 Å². The predicted octanol–water partition coefficient (Wildman–Crippen LogP) is 4.26. The lowest BCUT2D eigenvalue weighted by atomic mass is 9.78. The first-order valence-electron chi connectivity index (χ1n) is 7.03. The quantitative estimate of drug-likeness (QED) is 0.776.